The van der Waals surface area contributed by atoms with Gasteiger partial charge in [0.2, 0.25) is 0 Å². The smallest absolute Gasteiger partial charge is 0.328 e. The highest BCUT2D eigenvalue weighted by Gasteiger charge is 2.25. The Labute approximate surface area is 121 Å². The fourth-order valence-corrected chi connectivity index (χ4v) is 2.08. The third kappa shape index (κ3) is 4.06. The van der Waals surface area contributed by atoms with Crippen molar-refractivity contribution in [2.75, 3.05) is 7.11 Å². The molecule has 0 spiro atoms. The monoisotopic (exact) mass is 327 g/mol. The first-order valence-electron chi connectivity index (χ1n) is 6.01. The van der Waals surface area contributed by atoms with Crippen molar-refractivity contribution in [2.45, 2.75) is 26.8 Å². The second-order valence-electron chi connectivity index (χ2n) is 4.70. The van der Waals surface area contributed by atoms with E-state index in [2.05, 4.69) is 21.2 Å². The summed E-state index contributed by atoms with van der Waals surface area (Å²) in [5.74, 6) is -0.771. The minimum atomic E-state index is -0.648. The molecule has 0 radical (unpaired) electrons. The molecular weight excluding hydrogens is 310 g/mol. The van der Waals surface area contributed by atoms with Crippen LogP contribution in [0.25, 0.3) is 0 Å². The standard InChI is InChI=1S/C14H18BrNO3/c1-8(2)12(14(18)19-4)16-13(17)10-7-9(3)5-6-11(10)15/h5-8,12H,1-4H3,(H,16,17). The molecule has 0 aliphatic carbocycles. The number of halogens is 1. The van der Waals surface area contributed by atoms with Crippen molar-refractivity contribution in [3.05, 3.63) is 33.8 Å². The molecule has 1 atom stereocenters. The summed E-state index contributed by atoms with van der Waals surface area (Å²) in [6, 6.07) is 4.84. The molecule has 0 aromatic heterocycles. The molecule has 1 aromatic carbocycles. The van der Waals surface area contributed by atoms with E-state index in [0.29, 0.717) is 10.0 Å². The van der Waals surface area contributed by atoms with Crippen LogP contribution in [-0.2, 0) is 9.53 Å². The highest BCUT2D eigenvalue weighted by Crippen LogP contribution is 2.18. The molecule has 0 saturated carbocycles. The van der Waals surface area contributed by atoms with Crippen LogP contribution < -0.4 is 5.32 Å². The Morgan fingerprint density at radius 1 is 1.32 bits per heavy atom. The molecule has 0 bridgehead atoms. The molecule has 0 aliphatic rings. The summed E-state index contributed by atoms with van der Waals surface area (Å²) in [4.78, 5) is 23.8. The Morgan fingerprint density at radius 2 is 1.95 bits per heavy atom. The lowest BCUT2D eigenvalue weighted by atomic mass is 10.0. The zero-order chi connectivity index (χ0) is 14.6. The minimum absolute atomic E-state index is 0.0417. The number of hydrogen-bond donors (Lipinski definition) is 1. The van der Waals surface area contributed by atoms with Crippen molar-refractivity contribution < 1.29 is 14.3 Å². The van der Waals surface area contributed by atoms with Crippen LogP contribution in [0.2, 0.25) is 0 Å². The number of esters is 1. The summed E-state index contributed by atoms with van der Waals surface area (Å²) in [5.41, 5.74) is 1.49. The van der Waals surface area contributed by atoms with Crippen LogP contribution in [0.3, 0.4) is 0 Å². The van der Waals surface area contributed by atoms with Gasteiger partial charge in [-0.05, 0) is 40.9 Å². The van der Waals surface area contributed by atoms with Gasteiger partial charge in [0.05, 0.1) is 12.7 Å². The Kier molecular flexibility index (Phi) is 5.54. The molecule has 19 heavy (non-hydrogen) atoms. The van der Waals surface area contributed by atoms with Gasteiger partial charge in [0.1, 0.15) is 6.04 Å². The number of aryl methyl sites for hydroxylation is 1. The van der Waals surface area contributed by atoms with Crippen molar-refractivity contribution in [1.82, 2.24) is 5.32 Å². The largest absolute Gasteiger partial charge is 0.467 e. The van der Waals surface area contributed by atoms with Gasteiger partial charge in [0.25, 0.3) is 5.91 Å². The number of benzene rings is 1. The number of carbonyl (C=O) groups is 2. The van der Waals surface area contributed by atoms with E-state index in [1.165, 1.54) is 7.11 Å². The average Bonchev–Trinajstić information content (AvgIpc) is 2.37. The fourth-order valence-electron chi connectivity index (χ4n) is 1.66. The molecule has 0 heterocycles. The Bertz CT molecular complexity index is 486. The third-order valence-corrected chi connectivity index (χ3v) is 3.47. The highest BCUT2D eigenvalue weighted by molar-refractivity contribution is 9.10. The SMILES string of the molecule is COC(=O)C(NC(=O)c1cc(C)ccc1Br)C(C)C. The molecule has 1 unspecified atom stereocenters. The average molecular weight is 328 g/mol. The van der Waals surface area contributed by atoms with Crippen molar-refractivity contribution in [1.29, 1.82) is 0 Å². The second kappa shape index (κ2) is 6.70. The van der Waals surface area contributed by atoms with Gasteiger partial charge >= 0.3 is 5.97 Å². The first-order valence-corrected chi connectivity index (χ1v) is 6.81. The van der Waals surface area contributed by atoms with E-state index in [0.717, 1.165) is 5.56 Å². The molecular formula is C14H18BrNO3. The lowest BCUT2D eigenvalue weighted by Gasteiger charge is -2.20. The Morgan fingerprint density at radius 3 is 2.47 bits per heavy atom. The van der Waals surface area contributed by atoms with Gasteiger partial charge in [-0.1, -0.05) is 25.5 Å². The molecule has 104 valence electrons. The van der Waals surface area contributed by atoms with Crippen LogP contribution in [0, 0.1) is 12.8 Å². The van der Waals surface area contributed by atoms with Gasteiger partial charge in [0, 0.05) is 4.47 Å². The first kappa shape index (κ1) is 15.7. The van der Waals surface area contributed by atoms with E-state index in [1.807, 2.05) is 32.9 Å². The van der Waals surface area contributed by atoms with Crippen LogP contribution in [-0.4, -0.2) is 25.0 Å². The molecule has 4 nitrogen and oxygen atoms in total. The Balaban J connectivity index is 2.94. The van der Waals surface area contributed by atoms with Gasteiger partial charge in [0.15, 0.2) is 0 Å². The Hall–Kier alpha value is -1.36. The molecule has 0 aliphatic heterocycles. The van der Waals surface area contributed by atoms with Crippen molar-refractivity contribution in [3.63, 3.8) is 0 Å². The number of rotatable bonds is 4. The molecule has 0 saturated heterocycles. The zero-order valence-corrected chi connectivity index (χ0v) is 13.1. The number of ether oxygens (including phenoxy) is 1. The van der Waals surface area contributed by atoms with Gasteiger partial charge in [-0.3, -0.25) is 4.79 Å². The number of methoxy groups -OCH3 is 1. The number of amides is 1. The van der Waals surface area contributed by atoms with E-state index in [-0.39, 0.29) is 11.8 Å². The molecule has 0 fully saturated rings. The molecule has 5 heteroatoms. The van der Waals surface area contributed by atoms with Crippen LogP contribution in [0.15, 0.2) is 22.7 Å². The molecule has 1 amide bonds. The van der Waals surface area contributed by atoms with Crippen molar-refractivity contribution in [2.24, 2.45) is 5.92 Å². The number of nitrogens with one attached hydrogen (secondary N) is 1. The van der Waals surface area contributed by atoms with E-state index in [1.54, 1.807) is 6.07 Å². The normalized spacial score (nSPS) is 12.1. The van der Waals surface area contributed by atoms with Crippen LogP contribution >= 0.6 is 15.9 Å². The summed E-state index contributed by atoms with van der Waals surface area (Å²) in [7, 11) is 1.31. The van der Waals surface area contributed by atoms with E-state index < -0.39 is 12.0 Å². The molecule has 1 aromatic rings. The highest BCUT2D eigenvalue weighted by atomic mass is 79.9. The van der Waals surface area contributed by atoms with Gasteiger partial charge < -0.3 is 10.1 Å². The summed E-state index contributed by atoms with van der Waals surface area (Å²) >= 11 is 3.34. The molecule has 1 rings (SSSR count). The van der Waals surface area contributed by atoms with Gasteiger partial charge in [-0.2, -0.15) is 0 Å². The first-order chi connectivity index (χ1) is 8.86. The fraction of sp³-hybridized carbons (Fsp3) is 0.429. The predicted octanol–water partition coefficient (Wildman–Crippen LogP) is 2.68. The van der Waals surface area contributed by atoms with Crippen LogP contribution in [0.5, 0.6) is 0 Å². The van der Waals surface area contributed by atoms with Crippen LogP contribution in [0.1, 0.15) is 29.8 Å². The predicted molar refractivity (Wildman–Crippen MR) is 77.0 cm³/mol. The number of hydrogen-bond acceptors (Lipinski definition) is 3. The lowest BCUT2D eigenvalue weighted by Crippen LogP contribution is -2.45. The van der Waals surface area contributed by atoms with E-state index in [4.69, 9.17) is 4.74 Å². The second-order valence-corrected chi connectivity index (χ2v) is 5.56. The van der Waals surface area contributed by atoms with E-state index >= 15 is 0 Å². The maximum absolute atomic E-state index is 12.2. The third-order valence-electron chi connectivity index (χ3n) is 2.77. The summed E-state index contributed by atoms with van der Waals surface area (Å²) in [5, 5.41) is 2.71. The number of carbonyl (C=O) groups excluding carboxylic acids is 2. The minimum Gasteiger partial charge on any atom is -0.467 e. The van der Waals surface area contributed by atoms with Crippen molar-refractivity contribution in [3.8, 4) is 0 Å². The maximum Gasteiger partial charge on any atom is 0.328 e. The zero-order valence-electron chi connectivity index (χ0n) is 11.5. The van der Waals surface area contributed by atoms with Gasteiger partial charge in [-0.15, -0.1) is 0 Å². The van der Waals surface area contributed by atoms with Crippen molar-refractivity contribution >= 4 is 27.8 Å². The topological polar surface area (TPSA) is 55.4 Å². The quantitative estimate of drug-likeness (QED) is 0.865. The molecule has 1 N–H and O–H groups in total. The maximum atomic E-state index is 12.2. The summed E-state index contributed by atoms with van der Waals surface area (Å²) in [6.07, 6.45) is 0. The van der Waals surface area contributed by atoms with Crippen LogP contribution in [0.4, 0.5) is 0 Å². The lowest BCUT2D eigenvalue weighted by molar-refractivity contribution is -0.144. The summed E-state index contributed by atoms with van der Waals surface area (Å²) < 4.78 is 5.40. The van der Waals surface area contributed by atoms with Gasteiger partial charge in [-0.25, -0.2) is 4.79 Å². The van der Waals surface area contributed by atoms with E-state index in [9.17, 15) is 9.59 Å². The summed E-state index contributed by atoms with van der Waals surface area (Å²) in [6.45, 7) is 5.61.